The first-order chi connectivity index (χ1) is 17.2. The van der Waals surface area contributed by atoms with E-state index in [0.29, 0.717) is 24.8 Å². The number of Topliss-reactive ketones (excluding diaryl/α,β-unsaturated/α-hetero) is 1. The van der Waals surface area contributed by atoms with Gasteiger partial charge in [-0.2, -0.15) is 0 Å². The van der Waals surface area contributed by atoms with Crippen LogP contribution in [-0.2, 0) is 16.0 Å². The Morgan fingerprint density at radius 3 is 2.31 bits per heavy atom. The number of rotatable bonds is 20. The van der Waals surface area contributed by atoms with E-state index in [9.17, 15) is 14.7 Å². The maximum Gasteiger partial charge on any atom is 0.247 e. The molecule has 0 radical (unpaired) electrons. The Morgan fingerprint density at radius 1 is 0.971 bits per heavy atom. The summed E-state index contributed by atoms with van der Waals surface area (Å²) in [7, 11) is 0. The van der Waals surface area contributed by atoms with Crippen LogP contribution in [0.25, 0.3) is 0 Å². The van der Waals surface area contributed by atoms with Gasteiger partial charge in [0.05, 0.1) is 12.3 Å². The number of aliphatic hydroxyl groups is 1. The van der Waals surface area contributed by atoms with Crippen molar-refractivity contribution < 1.29 is 14.7 Å². The molecule has 35 heavy (non-hydrogen) atoms. The Kier molecular flexibility index (Phi) is 15.5. The molecule has 1 amide bonds. The standard InChI is InChI=1S/C27H49N5O3/c28-19-13-8-11-17-24-21-32(31-30-24)25(22-33)27(35)29-20-14-6-4-2-1-3-5-12-18-26(34)23-15-9-7-10-16-23/h21,23,25,33H,1-20,22,28H2,(H,29,35)/t25-/m0/s1. The molecule has 0 saturated heterocycles. The zero-order valence-electron chi connectivity index (χ0n) is 21.8. The second kappa shape index (κ2) is 18.5. The molecule has 200 valence electrons. The van der Waals surface area contributed by atoms with E-state index in [4.69, 9.17) is 5.73 Å². The van der Waals surface area contributed by atoms with Gasteiger partial charge in [-0.15, -0.1) is 5.10 Å². The second-order valence-electron chi connectivity index (χ2n) is 10.2. The van der Waals surface area contributed by atoms with Crippen LogP contribution < -0.4 is 11.1 Å². The van der Waals surface area contributed by atoms with Crippen LogP contribution in [0.2, 0.25) is 0 Å². The zero-order valence-corrected chi connectivity index (χ0v) is 21.8. The van der Waals surface area contributed by atoms with Crippen molar-refractivity contribution >= 4 is 11.7 Å². The molecule has 1 heterocycles. The van der Waals surface area contributed by atoms with E-state index in [1.54, 1.807) is 6.20 Å². The van der Waals surface area contributed by atoms with Gasteiger partial charge in [0, 0.05) is 25.1 Å². The lowest BCUT2D eigenvalue weighted by atomic mass is 9.84. The summed E-state index contributed by atoms with van der Waals surface area (Å²) in [5.74, 6) is 0.662. The number of amides is 1. The van der Waals surface area contributed by atoms with Gasteiger partial charge in [-0.1, -0.05) is 69.4 Å². The highest BCUT2D eigenvalue weighted by atomic mass is 16.3. The highest BCUT2D eigenvalue weighted by Gasteiger charge is 2.21. The van der Waals surface area contributed by atoms with Gasteiger partial charge in [-0.3, -0.25) is 9.59 Å². The van der Waals surface area contributed by atoms with Crippen LogP contribution in [0.4, 0.5) is 0 Å². The van der Waals surface area contributed by atoms with Gasteiger partial charge in [0.15, 0.2) is 6.04 Å². The molecule has 1 fully saturated rings. The molecule has 1 aliphatic rings. The van der Waals surface area contributed by atoms with Gasteiger partial charge >= 0.3 is 0 Å². The summed E-state index contributed by atoms with van der Waals surface area (Å²) in [6.07, 6.45) is 21.4. The lowest BCUT2D eigenvalue weighted by molar-refractivity contribution is -0.126. The van der Waals surface area contributed by atoms with Crippen molar-refractivity contribution in [1.29, 1.82) is 0 Å². The molecule has 1 aliphatic carbocycles. The van der Waals surface area contributed by atoms with Crippen LogP contribution >= 0.6 is 0 Å². The highest BCUT2D eigenvalue weighted by Crippen LogP contribution is 2.26. The van der Waals surface area contributed by atoms with E-state index >= 15 is 0 Å². The van der Waals surface area contributed by atoms with Crippen molar-refractivity contribution in [3.8, 4) is 0 Å². The quantitative estimate of drug-likeness (QED) is 0.234. The molecule has 1 aromatic rings. The molecule has 0 aromatic carbocycles. The summed E-state index contributed by atoms with van der Waals surface area (Å²) in [5, 5.41) is 20.8. The summed E-state index contributed by atoms with van der Waals surface area (Å²) >= 11 is 0. The van der Waals surface area contributed by atoms with Crippen molar-refractivity contribution in [1.82, 2.24) is 20.3 Å². The van der Waals surface area contributed by atoms with E-state index in [-0.39, 0.29) is 12.5 Å². The molecular formula is C27H49N5O3. The fourth-order valence-corrected chi connectivity index (χ4v) is 4.94. The Balaban J connectivity index is 1.46. The molecular weight excluding hydrogens is 442 g/mol. The molecule has 1 saturated carbocycles. The molecule has 0 bridgehead atoms. The number of aryl methyl sites for hydroxylation is 1. The van der Waals surface area contributed by atoms with Crippen molar-refractivity contribution in [3.63, 3.8) is 0 Å². The number of nitrogens with one attached hydrogen (secondary N) is 1. The summed E-state index contributed by atoms with van der Waals surface area (Å²) < 4.78 is 1.47. The van der Waals surface area contributed by atoms with E-state index in [1.165, 1.54) is 43.2 Å². The van der Waals surface area contributed by atoms with Crippen LogP contribution in [0.15, 0.2) is 6.20 Å². The number of hydrogen-bond acceptors (Lipinski definition) is 6. The number of aromatic nitrogens is 3. The topological polar surface area (TPSA) is 123 Å². The highest BCUT2D eigenvalue weighted by molar-refractivity contribution is 5.81. The summed E-state index contributed by atoms with van der Waals surface area (Å²) in [6, 6.07) is -0.731. The SMILES string of the molecule is NCCCCCc1cn([C@@H](CO)C(=O)NCCCCCCCCCCC(=O)C2CCCCC2)nn1. The summed E-state index contributed by atoms with van der Waals surface area (Å²) in [4.78, 5) is 24.7. The first-order valence-electron chi connectivity index (χ1n) is 14.2. The minimum atomic E-state index is -0.731. The van der Waals surface area contributed by atoms with E-state index < -0.39 is 6.04 Å². The average molecular weight is 492 g/mol. The Bertz CT molecular complexity index is 703. The third kappa shape index (κ3) is 12.1. The number of aliphatic hydroxyl groups excluding tert-OH is 1. The number of nitrogens with zero attached hydrogens (tertiary/aromatic N) is 3. The smallest absolute Gasteiger partial charge is 0.247 e. The van der Waals surface area contributed by atoms with Crippen LogP contribution in [0.1, 0.15) is 121 Å². The second-order valence-corrected chi connectivity index (χ2v) is 10.2. The molecule has 0 aliphatic heterocycles. The minimum Gasteiger partial charge on any atom is -0.394 e. The van der Waals surface area contributed by atoms with Gasteiger partial charge in [0.25, 0.3) is 0 Å². The number of hydrogen-bond donors (Lipinski definition) is 3. The number of carbonyl (C=O) groups excluding carboxylic acids is 2. The van der Waals surface area contributed by atoms with Gasteiger partial charge < -0.3 is 16.2 Å². The number of nitrogens with two attached hydrogens (primary N) is 1. The van der Waals surface area contributed by atoms with E-state index in [0.717, 1.165) is 82.7 Å². The average Bonchev–Trinajstić information content (AvgIpc) is 3.34. The minimum absolute atomic E-state index is 0.213. The van der Waals surface area contributed by atoms with Crippen molar-refractivity contribution in [3.05, 3.63) is 11.9 Å². The lowest BCUT2D eigenvalue weighted by Gasteiger charge is -2.20. The molecule has 1 aromatic heterocycles. The first kappa shape index (κ1) is 29.4. The molecule has 0 spiro atoms. The van der Waals surface area contributed by atoms with Gasteiger partial charge in [-0.05, 0) is 51.5 Å². The van der Waals surface area contributed by atoms with Crippen molar-refractivity contribution in [2.75, 3.05) is 19.7 Å². The zero-order chi connectivity index (χ0) is 25.1. The molecule has 1 atom stereocenters. The van der Waals surface area contributed by atoms with Gasteiger partial charge in [0.1, 0.15) is 5.78 Å². The monoisotopic (exact) mass is 491 g/mol. The van der Waals surface area contributed by atoms with Crippen molar-refractivity contribution in [2.45, 2.75) is 122 Å². The molecule has 0 unspecified atom stereocenters. The fourth-order valence-electron chi connectivity index (χ4n) is 4.94. The Labute approximate surface area is 211 Å². The van der Waals surface area contributed by atoms with Gasteiger partial charge in [0.2, 0.25) is 5.91 Å². The Morgan fingerprint density at radius 2 is 1.63 bits per heavy atom. The van der Waals surface area contributed by atoms with Gasteiger partial charge in [-0.25, -0.2) is 4.68 Å². The largest absolute Gasteiger partial charge is 0.394 e. The fraction of sp³-hybridized carbons (Fsp3) is 0.852. The molecule has 4 N–H and O–H groups in total. The first-order valence-corrected chi connectivity index (χ1v) is 14.2. The third-order valence-corrected chi connectivity index (χ3v) is 7.20. The summed E-state index contributed by atoms with van der Waals surface area (Å²) in [5.41, 5.74) is 6.35. The maximum absolute atomic E-state index is 12.5. The molecule has 8 nitrogen and oxygen atoms in total. The predicted octanol–water partition coefficient (Wildman–Crippen LogP) is 4.26. The van der Waals surface area contributed by atoms with E-state index in [2.05, 4.69) is 15.6 Å². The normalized spacial score (nSPS) is 15.3. The third-order valence-electron chi connectivity index (χ3n) is 7.20. The molecule has 8 heteroatoms. The van der Waals surface area contributed by atoms with E-state index in [1.807, 2.05) is 0 Å². The molecule has 2 rings (SSSR count). The summed E-state index contributed by atoms with van der Waals surface area (Å²) in [6.45, 7) is 1.01. The van der Waals surface area contributed by atoms with Crippen LogP contribution in [-0.4, -0.2) is 51.5 Å². The van der Waals surface area contributed by atoms with Crippen molar-refractivity contribution in [2.24, 2.45) is 11.7 Å². The van der Waals surface area contributed by atoms with Crippen LogP contribution in [0.5, 0.6) is 0 Å². The van der Waals surface area contributed by atoms with Crippen LogP contribution in [0, 0.1) is 5.92 Å². The number of carbonyl (C=O) groups is 2. The Hall–Kier alpha value is -1.80. The predicted molar refractivity (Wildman–Crippen MR) is 139 cm³/mol. The number of unbranched alkanes of at least 4 members (excludes halogenated alkanes) is 9. The number of ketones is 1. The van der Waals surface area contributed by atoms with Crippen LogP contribution in [0.3, 0.4) is 0 Å². The maximum atomic E-state index is 12.5. The lowest BCUT2D eigenvalue weighted by Crippen LogP contribution is -2.35.